The molecular weight excluding hydrogens is 272 g/mol. The standard InChI is InChI=1S/C12H24S4/c1-3-5-13-7-11-9-16-12(10-15-11)8-14-6-4-2/h11-12H,3-10H2,1-2H3. The number of thioether (sulfide) groups is 4. The van der Waals surface area contributed by atoms with Crippen molar-refractivity contribution in [3.8, 4) is 0 Å². The fourth-order valence-electron chi connectivity index (χ4n) is 1.49. The quantitative estimate of drug-likeness (QED) is 0.605. The first-order valence-electron chi connectivity index (χ1n) is 6.25. The van der Waals surface area contributed by atoms with E-state index in [-0.39, 0.29) is 0 Å². The van der Waals surface area contributed by atoms with E-state index in [1.54, 1.807) is 0 Å². The zero-order valence-electron chi connectivity index (χ0n) is 10.4. The SMILES string of the molecule is CCCSCC1CSC(CSCCC)CS1. The minimum Gasteiger partial charge on any atom is -0.161 e. The van der Waals surface area contributed by atoms with E-state index in [0.717, 1.165) is 10.5 Å². The lowest BCUT2D eigenvalue weighted by atomic mass is 10.5. The minimum atomic E-state index is 0.925. The molecule has 1 rings (SSSR count). The van der Waals surface area contributed by atoms with E-state index in [4.69, 9.17) is 0 Å². The van der Waals surface area contributed by atoms with E-state index in [1.165, 1.54) is 47.4 Å². The van der Waals surface area contributed by atoms with Crippen molar-refractivity contribution in [2.24, 2.45) is 0 Å². The summed E-state index contributed by atoms with van der Waals surface area (Å²) in [5.74, 6) is 8.22. The zero-order chi connectivity index (χ0) is 11.6. The third kappa shape index (κ3) is 6.97. The highest BCUT2D eigenvalue weighted by Gasteiger charge is 2.21. The van der Waals surface area contributed by atoms with Crippen molar-refractivity contribution in [3.63, 3.8) is 0 Å². The largest absolute Gasteiger partial charge is 0.161 e. The first-order valence-corrected chi connectivity index (χ1v) is 10.7. The lowest BCUT2D eigenvalue weighted by Crippen LogP contribution is -2.24. The van der Waals surface area contributed by atoms with Crippen LogP contribution in [0.2, 0.25) is 0 Å². The van der Waals surface area contributed by atoms with Gasteiger partial charge in [0.1, 0.15) is 0 Å². The Morgan fingerprint density at radius 3 is 1.62 bits per heavy atom. The van der Waals surface area contributed by atoms with Crippen LogP contribution >= 0.6 is 47.0 Å². The number of hydrogen-bond acceptors (Lipinski definition) is 4. The molecule has 2 unspecified atom stereocenters. The molecule has 1 heterocycles. The molecule has 16 heavy (non-hydrogen) atoms. The first kappa shape index (κ1) is 15.5. The number of hydrogen-bond donors (Lipinski definition) is 0. The van der Waals surface area contributed by atoms with Crippen LogP contribution in [-0.2, 0) is 0 Å². The topological polar surface area (TPSA) is 0 Å². The smallest absolute Gasteiger partial charge is 0.0229 e. The van der Waals surface area contributed by atoms with Crippen LogP contribution in [0.25, 0.3) is 0 Å². The molecule has 1 saturated heterocycles. The molecule has 0 aliphatic carbocycles. The third-order valence-corrected chi connectivity index (χ3v) is 8.65. The van der Waals surface area contributed by atoms with Crippen LogP contribution < -0.4 is 0 Å². The predicted molar refractivity (Wildman–Crippen MR) is 87.7 cm³/mol. The summed E-state index contributed by atoms with van der Waals surface area (Å²) in [5.41, 5.74) is 0. The van der Waals surface area contributed by atoms with Crippen molar-refractivity contribution in [3.05, 3.63) is 0 Å². The van der Waals surface area contributed by atoms with Crippen LogP contribution in [0.5, 0.6) is 0 Å². The second kappa shape index (κ2) is 10.3. The Morgan fingerprint density at radius 1 is 0.875 bits per heavy atom. The molecule has 0 bridgehead atoms. The van der Waals surface area contributed by atoms with E-state index in [9.17, 15) is 0 Å². The highest BCUT2D eigenvalue weighted by atomic mass is 32.2. The molecule has 0 spiro atoms. The van der Waals surface area contributed by atoms with E-state index in [2.05, 4.69) is 60.9 Å². The normalized spacial score (nSPS) is 25.9. The van der Waals surface area contributed by atoms with Gasteiger partial charge in [0.2, 0.25) is 0 Å². The van der Waals surface area contributed by atoms with Gasteiger partial charge in [0.25, 0.3) is 0 Å². The Labute approximate surface area is 118 Å². The van der Waals surface area contributed by atoms with Crippen molar-refractivity contribution in [2.45, 2.75) is 37.2 Å². The first-order chi connectivity index (χ1) is 7.86. The summed E-state index contributed by atoms with van der Waals surface area (Å²) in [6, 6.07) is 0. The molecule has 0 amide bonds. The molecule has 0 saturated carbocycles. The molecular formula is C12H24S4. The molecule has 0 aromatic rings. The molecule has 0 aromatic carbocycles. The summed E-state index contributed by atoms with van der Waals surface area (Å²) in [5, 5.41) is 1.85. The molecule has 96 valence electrons. The summed E-state index contributed by atoms with van der Waals surface area (Å²) >= 11 is 8.74. The van der Waals surface area contributed by atoms with Gasteiger partial charge in [0, 0.05) is 33.5 Å². The Hall–Kier alpha value is 1.40. The number of rotatable bonds is 8. The zero-order valence-corrected chi connectivity index (χ0v) is 13.7. The second-order valence-electron chi connectivity index (χ2n) is 4.06. The average Bonchev–Trinajstić information content (AvgIpc) is 2.32. The maximum atomic E-state index is 2.27. The third-order valence-electron chi connectivity index (χ3n) is 2.34. The highest BCUT2D eigenvalue weighted by Crippen LogP contribution is 2.33. The van der Waals surface area contributed by atoms with Gasteiger partial charge in [-0.2, -0.15) is 47.0 Å². The lowest BCUT2D eigenvalue weighted by Gasteiger charge is -2.27. The van der Waals surface area contributed by atoms with Crippen molar-refractivity contribution in [2.75, 3.05) is 34.5 Å². The van der Waals surface area contributed by atoms with Gasteiger partial charge in [0.15, 0.2) is 0 Å². The van der Waals surface area contributed by atoms with Crippen LogP contribution in [0.3, 0.4) is 0 Å². The summed E-state index contributed by atoms with van der Waals surface area (Å²) in [4.78, 5) is 0. The minimum absolute atomic E-state index is 0.925. The Morgan fingerprint density at radius 2 is 1.31 bits per heavy atom. The van der Waals surface area contributed by atoms with Gasteiger partial charge in [0.05, 0.1) is 0 Å². The summed E-state index contributed by atoms with van der Waals surface area (Å²) < 4.78 is 0. The van der Waals surface area contributed by atoms with Gasteiger partial charge in [-0.25, -0.2) is 0 Å². The van der Waals surface area contributed by atoms with Gasteiger partial charge in [-0.15, -0.1) is 0 Å². The Kier molecular flexibility index (Phi) is 9.98. The fourth-order valence-corrected chi connectivity index (χ4v) is 7.26. The van der Waals surface area contributed by atoms with Gasteiger partial charge in [-0.05, 0) is 24.3 Å². The summed E-state index contributed by atoms with van der Waals surface area (Å²) in [6.07, 6.45) is 2.65. The summed E-state index contributed by atoms with van der Waals surface area (Å²) in [7, 11) is 0. The van der Waals surface area contributed by atoms with E-state index in [0.29, 0.717) is 0 Å². The monoisotopic (exact) mass is 296 g/mol. The van der Waals surface area contributed by atoms with Crippen molar-refractivity contribution < 1.29 is 0 Å². The van der Waals surface area contributed by atoms with Crippen LogP contribution in [0, 0.1) is 0 Å². The van der Waals surface area contributed by atoms with Gasteiger partial charge in [-0.1, -0.05) is 13.8 Å². The maximum absolute atomic E-state index is 2.27. The predicted octanol–water partition coefficient (Wildman–Crippen LogP) is 4.49. The van der Waals surface area contributed by atoms with E-state index < -0.39 is 0 Å². The molecule has 0 nitrogen and oxygen atoms in total. The molecule has 1 aliphatic heterocycles. The van der Waals surface area contributed by atoms with Crippen molar-refractivity contribution in [1.29, 1.82) is 0 Å². The molecule has 1 fully saturated rings. The van der Waals surface area contributed by atoms with Gasteiger partial charge < -0.3 is 0 Å². The fraction of sp³-hybridized carbons (Fsp3) is 1.00. The Balaban J connectivity index is 2.00. The van der Waals surface area contributed by atoms with E-state index >= 15 is 0 Å². The molecule has 1 aliphatic rings. The molecule has 0 radical (unpaired) electrons. The highest BCUT2D eigenvalue weighted by molar-refractivity contribution is 8.09. The van der Waals surface area contributed by atoms with Crippen LogP contribution in [0.4, 0.5) is 0 Å². The Bertz CT molecular complexity index is 137. The van der Waals surface area contributed by atoms with Crippen LogP contribution in [-0.4, -0.2) is 45.0 Å². The van der Waals surface area contributed by atoms with Crippen LogP contribution in [0.15, 0.2) is 0 Å². The lowest BCUT2D eigenvalue weighted by molar-refractivity contribution is 1.04. The maximum Gasteiger partial charge on any atom is 0.0229 e. The second-order valence-corrected chi connectivity index (χ2v) is 9.03. The molecule has 4 heteroatoms. The molecule has 2 atom stereocenters. The van der Waals surface area contributed by atoms with Crippen molar-refractivity contribution >= 4 is 47.0 Å². The average molecular weight is 297 g/mol. The summed E-state index contributed by atoms with van der Waals surface area (Å²) in [6.45, 7) is 4.55. The van der Waals surface area contributed by atoms with Crippen molar-refractivity contribution in [1.82, 2.24) is 0 Å². The van der Waals surface area contributed by atoms with Crippen LogP contribution in [0.1, 0.15) is 26.7 Å². The molecule has 0 N–H and O–H groups in total. The van der Waals surface area contributed by atoms with Gasteiger partial charge >= 0.3 is 0 Å². The van der Waals surface area contributed by atoms with Gasteiger partial charge in [-0.3, -0.25) is 0 Å². The van der Waals surface area contributed by atoms with E-state index in [1.807, 2.05) is 0 Å². The molecule has 0 aromatic heterocycles.